The van der Waals surface area contributed by atoms with E-state index >= 15 is 0 Å². The lowest BCUT2D eigenvalue weighted by atomic mass is 10.2. The largest absolute Gasteiger partial charge is 0.426 e. The van der Waals surface area contributed by atoms with Gasteiger partial charge in [-0.25, -0.2) is 0 Å². The van der Waals surface area contributed by atoms with Gasteiger partial charge < -0.3 is 10.1 Å². The van der Waals surface area contributed by atoms with Gasteiger partial charge in [0.1, 0.15) is 5.01 Å². The Morgan fingerprint density at radius 2 is 2.10 bits per heavy atom. The van der Waals surface area contributed by atoms with Crippen LogP contribution in [0.25, 0.3) is 0 Å². The Kier molecular flexibility index (Phi) is 5.08. The van der Waals surface area contributed by atoms with E-state index in [1.807, 2.05) is 10.9 Å². The van der Waals surface area contributed by atoms with E-state index in [2.05, 4.69) is 48.3 Å². The standard InChI is InChI=1S/C13H21N5OS/c1-9(2)5-14-7-12-16-17-13(20-12)19-11-6-15-18(8-11)10(3)4/h6,8-10,14H,5,7H2,1-4H3. The molecule has 2 heterocycles. The zero-order valence-corrected chi connectivity index (χ0v) is 13.1. The second-order valence-electron chi connectivity index (χ2n) is 5.34. The van der Waals surface area contributed by atoms with Crippen LogP contribution in [-0.2, 0) is 6.54 Å². The van der Waals surface area contributed by atoms with Gasteiger partial charge in [-0.1, -0.05) is 30.3 Å². The van der Waals surface area contributed by atoms with Crippen LogP contribution >= 0.6 is 11.3 Å². The number of aromatic nitrogens is 4. The first kappa shape index (κ1) is 14.9. The van der Waals surface area contributed by atoms with Crippen LogP contribution in [-0.4, -0.2) is 26.5 Å². The SMILES string of the molecule is CC(C)CNCc1nnc(Oc2cnn(C(C)C)c2)s1. The Bertz CT molecular complexity index is 534. The van der Waals surface area contributed by atoms with Gasteiger partial charge in [-0.3, -0.25) is 4.68 Å². The summed E-state index contributed by atoms with van der Waals surface area (Å²) in [5.41, 5.74) is 0. The van der Waals surface area contributed by atoms with Gasteiger partial charge in [0.2, 0.25) is 0 Å². The van der Waals surface area contributed by atoms with Gasteiger partial charge in [-0.2, -0.15) is 5.10 Å². The predicted molar refractivity (Wildman–Crippen MR) is 79.1 cm³/mol. The second-order valence-corrected chi connectivity index (χ2v) is 6.36. The maximum atomic E-state index is 5.65. The minimum absolute atomic E-state index is 0.317. The molecule has 6 nitrogen and oxygen atoms in total. The molecule has 0 fully saturated rings. The van der Waals surface area contributed by atoms with Crippen molar-refractivity contribution in [2.24, 2.45) is 5.92 Å². The molecule has 2 rings (SSSR count). The van der Waals surface area contributed by atoms with Crippen LogP contribution < -0.4 is 10.1 Å². The topological polar surface area (TPSA) is 64.9 Å². The Morgan fingerprint density at radius 1 is 1.30 bits per heavy atom. The Labute approximate surface area is 123 Å². The third kappa shape index (κ3) is 4.28. The zero-order chi connectivity index (χ0) is 14.5. The molecule has 110 valence electrons. The minimum Gasteiger partial charge on any atom is -0.426 e. The molecular formula is C13H21N5OS. The molecule has 0 aliphatic heterocycles. The fraction of sp³-hybridized carbons (Fsp3) is 0.615. The second kappa shape index (κ2) is 6.81. The van der Waals surface area contributed by atoms with Crippen molar-refractivity contribution in [1.29, 1.82) is 0 Å². The molecule has 0 atom stereocenters. The summed E-state index contributed by atoms with van der Waals surface area (Å²) in [5.74, 6) is 1.32. The smallest absolute Gasteiger partial charge is 0.299 e. The number of nitrogens with zero attached hydrogens (tertiary/aromatic N) is 4. The molecule has 0 saturated heterocycles. The first-order chi connectivity index (χ1) is 9.54. The molecule has 0 spiro atoms. The Balaban J connectivity index is 1.88. The van der Waals surface area contributed by atoms with E-state index in [4.69, 9.17) is 4.74 Å². The van der Waals surface area contributed by atoms with Gasteiger partial charge in [0.25, 0.3) is 5.19 Å². The molecule has 0 radical (unpaired) electrons. The first-order valence-electron chi connectivity index (χ1n) is 6.79. The van der Waals surface area contributed by atoms with Crippen molar-refractivity contribution in [1.82, 2.24) is 25.3 Å². The van der Waals surface area contributed by atoms with Gasteiger partial charge in [-0.05, 0) is 26.3 Å². The molecule has 0 unspecified atom stereocenters. The van der Waals surface area contributed by atoms with Crippen LogP contribution in [0.1, 0.15) is 38.7 Å². The number of hydrogen-bond donors (Lipinski definition) is 1. The summed E-state index contributed by atoms with van der Waals surface area (Å²) < 4.78 is 7.50. The third-order valence-electron chi connectivity index (χ3n) is 2.59. The molecule has 20 heavy (non-hydrogen) atoms. The van der Waals surface area contributed by atoms with Crippen LogP contribution in [0, 0.1) is 5.92 Å². The molecule has 0 aliphatic carbocycles. The van der Waals surface area contributed by atoms with Crippen molar-refractivity contribution in [2.75, 3.05) is 6.54 Å². The molecule has 0 bridgehead atoms. The van der Waals surface area contributed by atoms with E-state index in [0.29, 0.717) is 22.9 Å². The highest BCUT2D eigenvalue weighted by Gasteiger charge is 2.09. The van der Waals surface area contributed by atoms with Crippen molar-refractivity contribution in [3.05, 3.63) is 17.4 Å². The van der Waals surface area contributed by atoms with Crippen molar-refractivity contribution in [3.8, 4) is 10.9 Å². The van der Waals surface area contributed by atoms with Crippen molar-refractivity contribution < 1.29 is 4.74 Å². The highest BCUT2D eigenvalue weighted by atomic mass is 32.1. The van der Waals surface area contributed by atoms with E-state index in [9.17, 15) is 0 Å². The van der Waals surface area contributed by atoms with Gasteiger partial charge >= 0.3 is 0 Å². The summed E-state index contributed by atoms with van der Waals surface area (Å²) in [6.07, 6.45) is 3.56. The minimum atomic E-state index is 0.317. The fourth-order valence-corrected chi connectivity index (χ4v) is 2.25. The van der Waals surface area contributed by atoms with E-state index < -0.39 is 0 Å². The molecule has 2 aromatic rings. The van der Waals surface area contributed by atoms with Gasteiger partial charge in [-0.15, -0.1) is 5.10 Å². The Morgan fingerprint density at radius 3 is 2.75 bits per heavy atom. The zero-order valence-electron chi connectivity index (χ0n) is 12.3. The summed E-state index contributed by atoms with van der Waals surface area (Å²) >= 11 is 1.45. The number of nitrogens with one attached hydrogen (secondary N) is 1. The predicted octanol–water partition coefficient (Wildman–Crippen LogP) is 2.85. The highest BCUT2D eigenvalue weighted by molar-refractivity contribution is 7.13. The van der Waals surface area contributed by atoms with Crippen LogP contribution in [0.15, 0.2) is 12.4 Å². The highest BCUT2D eigenvalue weighted by Crippen LogP contribution is 2.25. The van der Waals surface area contributed by atoms with Crippen molar-refractivity contribution in [3.63, 3.8) is 0 Å². The van der Waals surface area contributed by atoms with E-state index in [-0.39, 0.29) is 0 Å². The quantitative estimate of drug-likeness (QED) is 0.851. The van der Waals surface area contributed by atoms with Gasteiger partial charge in [0.05, 0.1) is 12.4 Å². The summed E-state index contributed by atoms with van der Waals surface area (Å²) in [5, 5.41) is 17.2. The van der Waals surface area contributed by atoms with Crippen LogP contribution in [0.5, 0.6) is 10.9 Å². The average molecular weight is 295 g/mol. The molecule has 0 aromatic carbocycles. The summed E-state index contributed by atoms with van der Waals surface area (Å²) in [7, 11) is 0. The normalized spacial score (nSPS) is 11.5. The van der Waals surface area contributed by atoms with Crippen molar-refractivity contribution >= 4 is 11.3 Å². The molecule has 0 aliphatic rings. The summed E-state index contributed by atoms with van der Waals surface area (Å²) in [4.78, 5) is 0. The number of rotatable bonds is 7. The Hall–Kier alpha value is -1.47. The number of ether oxygens (including phenoxy) is 1. The summed E-state index contributed by atoms with van der Waals surface area (Å²) in [6.45, 7) is 10.2. The summed E-state index contributed by atoms with van der Waals surface area (Å²) in [6, 6.07) is 0.317. The van der Waals surface area contributed by atoms with Crippen LogP contribution in [0.3, 0.4) is 0 Å². The first-order valence-corrected chi connectivity index (χ1v) is 7.61. The van der Waals surface area contributed by atoms with E-state index in [1.54, 1.807) is 6.20 Å². The molecular weight excluding hydrogens is 274 g/mol. The molecule has 7 heteroatoms. The van der Waals surface area contributed by atoms with Gasteiger partial charge in [0, 0.05) is 12.6 Å². The maximum Gasteiger partial charge on any atom is 0.299 e. The average Bonchev–Trinajstić information content (AvgIpc) is 2.99. The van der Waals surface area contributed by atoms with Gasteiger partial charge in [0.15, 0.2) is 5.75 Å². The maximum absolute atomic E-state index is 5.65. The third-order valence-corrected chi connectivity index (χ3v) is 3.39. The fourth-order valence-electron chi connectivity index (χ4n) is 1.58. The lowest BCUT2D eigenvalue weighted by Gasteiger charge is -2.03. The van der Waals surface area contributed by atoms with Crippen LogP contribution in [0.2, 0.25) is 0 Å². The van der Waals surface area contributed by atoms with Crippen LogP contribution in [0.4, 0.5) is 0 Å². The van der Waals surface area contributed by atoms with E-state index in [1.165, 1.54) is 11.3 Å². The molecule has 0 amide bonds. The molecule has 2 aromatic heterocycles. The lowest BCUT2D eigenvalue weighted by Crippen LogP contribution is -2.18. The number of hydrogen-bond acceptors (Lipinski definition) is 6. The monoisotopic (exact) mass is 295 g/mol. The van der Waals surface area contributed by atoms with E-state index in [0.717, 1.165) is 18.1 Å². The lowest BCUT2D eigenvalue weighted by molar-refractivity contribution is 0.468. The molecule has 1 N–H and O–H groups in total. The van der Waals surface area contributed by atoms with Crippen molar-refractivity contribution in [2.45, 2.75) is 40.3 Å². The molecule has 0 saturated carbocycles.